The molecule has 2 aliphatic rings. The summed E-state index contributed by atoms with van der Waals surface area (Å²) < 4.78 is 0. The number of benzene rings is 2. The van der Waals surface area contributed by atoms with Gasteiger partial charge in [-0.25, -0.2) is 4.99 Å². The van der Waals surface area contributed by atoms with Gasteiger partial charge in [-0.3, -0.25) is 4.90 Å². The Morgan fingerprint density at radius 3 is 2.70 bits per heavy atom. The van der Waals surface area contributed by atoms with Crippen molar-refractivity contribution in [1.82, 2.24) is 15.1 Å². The van der Waals surface area contributed by atoms with Crippen molar-refractivity contribution >= 4 is 34.5 Å². The normalized spacial score (nSPS) is 16.8. The van der Waals surface area contributed by atoms with Gasteiger partial charge in [0.15, 0.2) is 0 Å². The van der Waals surface area contributed by atoms with E-state index < -0.39 is 0 Å². The quantitative estimate of drug-likeness (QED) is 0.790. The van der Waals surface area contributed by atoms with Crippen molar-refractivity contribution in [2.75, 3.05) is 51.6 Å². The highest BCUT2D eigenvalue weighted by molar-refractivity contribution is 6.31. The molecule has 2 heterocycles. The van der Waals surface area contributed by atoms with Crippen molar-refractivity contribution in [3.05, 3.63) is 53.1 Å². The minimum absolute atomic E-state index is 0.707. The van der Waals surface area contributed by atoms with E-state index in [0.29, 0.717) is 5.02 Å². The number of aliphatic imine (C=N–C) groups is 1. The maximum atomic E-state index is 6.23. The molecule has 142 valence electrons. The first-order chi connectivity index (χ1) is 13.2. The number of nitrogens with zero attached hydrogens (tertiary/aromatic N) is 3. The number of para-hydroxylation sites is 1. The monoisotopic (exact) mass is 383 g/mol. The minimum atomic E-state index is 0.707. The summed E-state index contributed by atoms with van der Waals surface area (Å²) in [5.41, 5.74) is 4.12. The van der Waals surface area contributed by atoms with Crippen LogP contribution >= 0.6 is 11.6 Å². The zero-order valence-electron chi connectivity index (χ0n) is 15.7. The fourth-order valence-corrected chi connectivity index (χ4v) is 3.88. The van der Waals surface area contributed by atoms with Crippen molar-refractivity contribution in [1.29, 1.82) is 0 Å². The van der Waals surface area contributed by atoms with Crippen molar-refractivity contribution in [3.8, 4) is 0 Å². The third-order valence-corrected chi connectivity index (χ3v) is 5.43. The number of nitrogens with one attached hydrogen (secondary N) is 2. The van der Waals surface area contributed by atoms with Gasteiger partial charge in [0.25, 0.3) is 0 Å². The summed E-state index contributed by atoms with van der Waals surface area (Å²) in [6.45, 7) is 6.34. The molecule has 1 saturated heterocycles. The molecule has 6 heteroatoms. The predicted octanol–water partition coefficient (Wildman–Crippen LogP) is 3.70. The molecule has 1 fully saturated rings. The number of amidine groups is 1. The average Bonchev–Trinajstić information content (AvgIpc) is 2.85. The zero-order chi connectivity index (χ0) is 18.6. The Kier molecular flexibility index (Phi) is 5.62. The maximum Gasteiger partial charge on any atom is 0.138 e. The first kappa shape index (κ1) is 18.3. The van der Waals surface area contributed by atoms with E-state index in [0.717, 1.165) is 67.7 Å². The summed E-state index contributed by atoms with van der Waals surface area (Å²) >= 11 is 6.23. The Morgan fingerprint density at radius 1 is 1.07 bits per heavy atom. The third-order valence-electron chi connectivity index (χ3n) is 5.20. The molecule has 2 aliphatic heterocycles. The lowest BCUT2D eigenvalue weighted by Gasteiger charge is -2.36. The van der Waals surface area contributed by atoms with E-state index in [4.69, 9.17) is 16.6 Å². The summed E-state index contributed by atoms with van der Waals surface area (Å²) in [6, 6.07) is 14.2. The highest BCUT2D eigenvalue weighted by Gasteiger charge is 2.24. The van der Waals surface area contributed by atoms with E-state index in [1.165, 1.54) is 6.42 Å². The fourth-order valence-electron chi connectivity index (χ4n) is 3.71. The van der Waals surface area contributed by atoms with Gasteiger partial charge < -0.3 is 15.5 Å². The van der Waals surface area contributed by atoms with E-state index >= 15 is 0 Å². The molecule has 0 spiro atoms. The van der Waals surface area contributed by atoms with Gasteiger partial charge in [0, 0.05) is 42.5 Å². The van der Waals surface area contributed by atoms with Crippen molar-refractivity contribution in [3.63, 3.8) is 0 Å². The van der Waals surface area contributed by atoms with Gasteiger partial charge in [-0.15, -0.1) is 0 Å². The molecule has 0 radical (unpaired) electrons. The van der Waals surface area contributed by atoms with Crippen LogP contribution in [0.15, 0.2) is 47.5 Å². The average molecular weight is 384 g/mol. The molecule has 2 N–H and O–H groups in total. The van der Waals surface area contributed by atoms with E-state index in [9.17, 15) is 0 Å². The summed E-state index contributed by atoms with van der Waals surface area (Å²) in [6.07, 6.45) is 1.19. The molecule has 0 amide bonds. The minimum Gasteiger partial charge on any atom is -0.353 e. The van der Waals surface area contributed by atoms with Crippen LogP contribution in [0.1, 0.15) is 12.0 Å². The lowest BCUT2D eigenvalue weighted by molar-refractivity contribution is 0.181. The van der Waals surface area contributed by atoms with Gasteiger partial charge in [-0.05, 0) is 56.9 Å². The summed E-state index contributed by atoms with van der Waals surface area (Å²) in [4.78, 5) is 9.98. The number of fused-ring (bicyclic) bond motifs is 2. The van der Waals surface area contributed by atoms with Gasteiger partial charge in [-0.1, -0.05) is 23.7 Å². The second-order valence-electron chi connectivity index (χ2n) is 7.05. The number of anilines is 2. The standard InChI is InChI=1S/C21H26ClN5/c1-23-9-4-10-26-11-13-27(14-12-26)21-17-5-2-3-6-18(17)24-19-8-7-16(22)15-20(19)25-21/h2-3,5-8,15,23-24H,4,9-14H2,1H3. The van der Waals surface area contributed by atoms with Gasteiger partial charge in [0.2, 0.25) is 0 Å². The van der Waals surface area contributed by atoms with Crippen LogP contribution in [-0.4, -0.2) is 62.0 Å². The van der Waals surface area contributed by atoms with Crippen LogP contribution in [0.3, 0.4) is 0 Å². The lowest BCUT2D eigenvalue weighted by atomic mass is 10.1. The lowest BCUT2D eigenvalue weighted by Crippen LogP contribution is -2.49. The summed E-state index contributed by atoms with van der Waals surface area (Å²) in [5.74, 6) is 1.04. The maximum absolute atomic E-state index is 6.23. The summed E-state index contributed by atoms with van der Waals surface area (Å²) in [5, 5.41) is 7.46. The number of halogens is 1. The largest absolute Gasteiger partial charge is 0.353 e. The molecule has 0 unspecified atom stereocenters. The molecule has 0 saturated carbocycles. The Bertz CT molecular complexity index is 827. The van der Waals surface area contributed by atoms with Gasteiger partial charge in [-0.2, -0.15) is 0 Å². The SMILES string of the molecule is CNCCCN1CCN(C2=Nc3cc(Cl)ccc3Nc3ccccc32)CC1. The van der Waals surface area contributed by atoms with Crippen LogP contribution in [0.5, 0.6) is 0 Å². The topological polar surface area (TPSA) is 42.9 Å². The molecule has 27 heavy (non-hydrogen) atoms. The molecular formula is C21H26ClN5. The van der Waals surface area contributed by atoms with E-state index in [-0.39, 0.29) is 0 Å². The second kappa shape index (κ2) is 8.30. The summed E-state index contributed by atoms with van der Waals surface area (Å²) in [7, 11) is 2.01. The first-order valence-corrected chi connectivity index (χ1v) is 9.99. The van der Waals surface area contributed by atoms with E-state index in [1.807, 2.05) is 25.2 Å². The van der Waals surface area contributed by atoms with Crippen LogP contribution in [-0.2, 0) is 0 Å². The van der Waals surface area contributed by atoms with Crippen LogP contribution in [0.4, 0.5) is 17.1 Å². The molecule has 5 nitrogen and oxygen atoms in total. The Morgan fingerprint density at radius 2 is 1.89 bits per heavy atom. The zero-order valence-corrected chi connectivity index (χ0v) is 16.5. The Labute approximate surface area is 166 Å². The smallest absolute Gasteiger partial charge is 0.138 e. The van der Waals surface area contributed by atoms with Crippen molar-refractivity contribution < 1.29 is 0 Å². The molecule has 2 aromatic carbocycles. The van der Waals surface area contributed by atoms with Crippen LogP contribution in [0, 0.1) is 0 Å². The number of hydrogen-bond acceptors (Lipinski definition) is 5. The molecule has 2 aromatic rings. The number of hydrogen-bond donors (Lipinski definition) is 2. The second-order valence-corrected chi connectivity index (χ2v) is 7.49. The van der Waals surface area contributed by atoms with Gasteiger partial charge in [0.1, 0.15) is 5.84 Å². The van der Waals surface area contributed by atoms with E-state index in [2.05, 4.69) is 44.7 Å². The number of piperazine rings is 1. The third kappa shape index (κ3) is 4.10. The Balaban J connectivity index is 1.59. The van der Waals surface area contributed by atoms with E-state index in [1.54, 1.807) is 0 Å². The van der Waals surface area contributed by atoms with Crippen LogP contribution in [0.2, 0.25) is 5.02 Å². The number of rotatable bonds is 4. The van der Waals surface area contributed by atoms with Crippen molar-refractivity contribution in [2.45, 2.75) is 6.42 Å². The first-order valence-electron chi connectivity index (χ1n) is 9.61. The highest BCUT2D eigenvalue weighted by atomic mass is 35.5. The molecular weight excluding hydrogens is 358 g/mol. The molecule has 0 aromatic heterocycles. The highest BCUT2D eigenvalue weighted by Crippen LogP contribution is 2.36. The Hall–Kier alpha value is -2.08. The molecule has 0 atom stereocenters. The molecule has 0 aliphatic carbocycles. The predicted molar refractivity (Wildman–Crippen MR) is 114 cm³/mol. The molecule has 0 bridgehead atoms. The van der Waals surface area contributed by atoms with Crippen LogP contribution in [0.25, 0.3) is 0 Å². The molecule has 4 rings (SSSR count). The van der Waals surface area contributed by atoms with Gasteiger partial charge in [0.05, 0.1) is 11.4 Å². The van der Waals surface area contributed by atoms with Crippen molar-refractivity contribution in [2.24, 2.45) is 4.99 Å². The van der Waals surface area contributed by atoms with Crippen LogP contribution < -0.4 is 10.6 Å². The fraction of sp³-hybridized carbons (Fsp3) is 0.381. The van der Waals surface area contributed by atoms with Gasteiger partial charge >= 0.3 is 0 Å².